The SMILES string of the molecule is CCNC(C)c1cc(Br)ccc1N(C)C(C)(C)CO. The van der Waals surface area contributed by atoms with Crippen molar-refractivity contribution in [3.8, 4) is 0 Å². The number of aliphatic hydroxyl groups is 1. The van der Waals surface area contributed by atoms with Crippen LogP contribution in [0.4, 0.5) is 5.69 Å². The molecule has 2 N–H and O–H groups in total. The van der Waals surface area contributed by atoms with Crippen molar-refractivity contribution < 1.29 is 5.11 Å². The normalized spacial score (nSPS) is 13.4. The number of likely N-dealkylation sites (N-methyl/N-ethyl adjacent to an activating group) is 1. The molecule has 0 fully saturated rings. The Morgan fingerprint density at radius 3 is 2.58 bits per heavy atom. The second-order valence-electron chi connectivity index (χ2n) is 5.51. The number of hydrogen-bond acceptors (Lipinski definition) is 3. The molecule has 0 saturated carbocycles. The van der Waals surface area contributed by atoms with E-state index in [1.54, 1.807) is 0 Å². The van der Waals surface area contributed by atoms with Crippen molar-refractivity contribution in [1.82, 2.24) is 5.32 Å². The number of nitrogens with one attached hydrogen (secondary N) is 1. The fourth-order valence-electron chi connectivity index (χ4n) is 2.03. The summed E-state index contributed by atoms with van der Waals surface area (Å²) in [5.74, 6) is 0. The topological polar surface area (TPSA) is 35.5 Å². The Hall–Kier alpha value is -0.580. The molecule has 1 aromatic rings. The van der Waals surface area contributed by atoms with Crippen molar-refractivity contribution in [3.63, 3.8) is 0 Å². The van der Waals surface area contributed by atoms with E-state index in [0.717, 1.165) is 16.7 Å². The number of hydrogen-bond donors (Lipinski definition) is 2. The molecule has 0 aromatic heterocycles. The van der Waals surface area contributed by atoms with Crippen LogP contribution in [0.5, 0.6) is 0 Å². The van der Waals surface area contributed by atoms with E-state index in [1.165, 1.54) is 5.56 Å². The zero-order chi connectivity index (χ0) is 14.6. The molecule has 108 valence electrons. The molecular weight excluding hydrogens is 304 g/mol. The number of halogens is 1. The highest BCUT2D eigenvalue weighted by molar-refractivity contribution is 9.10. The maximum Gasteiger partial charge on any atom is 0.0658 e. The van der Waals surface area contributed by atoms with Crippen LogP contribution in [0.1, 0.15) is 39.3 Å². The van der Waals surface area contributed by atoms with Crippen LogP contribution in [0.25, 0.3) is 0 Å². The minimum atomic E-state index is -0.283. The summed E-state index contributed by atoms with van der Waals surface area (Å²) in [4.78, 5) is 2.14. The Morgan fingerprint density at radius 2 is 2.05 bits per heavy atom. The average molecular weight is 329 g/mol. The summed E-state index contributed by atoms with van der Waals surface area (Å²) in [6, 6.07) is 6.56. The van der Waals surface area contributed by atoms with Crippen molar-refractivity contribution in [2.75, 3.05) is 25.1 Å². The van der Waals surface area contributed by atoms with Gasteiger partial charge in [-0.05, 0) is 51.1 Å². The highest BCUT2D eigenvalue weighted by Gasteiger charge is 2.25. The molecule has 0 saturated heterocycles. The summed E-state index contributed by atoms with van der Waals surface area (Å²) >= 11 is 3.54. The van der Waals surface area contributed by atoms with Gasteiger partial charge >= 0.3 is 0 Å². The predicted octanol–water partition coefficient (Wildman–Crippen LogP) is 3.33. The minimum absolute atomic E-state index is 0.120. The van der Waals surface area contributed by atoms with Gasteiger partial charge in [-0.2, -0.15) is 0 Å². The van der Waals surface area contributed by atoms with E-state index in [4.69, 9.17) is 0 Å². The quantitative estimate of drug-likeness (QED) is 0.840. The highest BCUT2D eigenvalue weighted by Crippen LogP contribution is 2.32. The molecule has 1 unspecified atom stereocenters. The van der Waals surface area contributed by atoms with Crippen LogP contribution < -0.4 is 10.2 Å². The Kier molecular flexibility index (Phi) is 5.83. The number of benzene rings is 1. The lowest BCUT2D eigenvalue weighted by Crippen LogP contribution is -2.45. The molecule has 0 aliphatic carbocycles. The monoisotopic (exact) mass is 328 g/mol. The summed E-state index contributed by atoms with van der Waals surface area (Å²) in [7, 11) is 2.03. The largest absolute Gasteiger partial charge is 0.394 e. The Morgan fingerprint density at radius 1 is 1.42 bits per heavy atom. The van der Waals surface area contributed by atoms with Crippen molar-refractivity contribution in [2.45, 2.75) is 39.3 Å². The number of anilines is 1. The highest BCUT2D eigenvalue weighted by atomic mass is 79.9. The maximum atomic E-state index is 9.55. The zero-order valence-electron chi connectivity index (χ0n) is 12.5. The smallest absolute Gasteiger partial charge is 0.0658 e. The lowest BCUT2D eigenvalue weighted by Gasteiger charge is -2.38. The standard InChI is InChI=1S/C15H25BrN2O/c1-6-17-11(2)13-9-12(16)7-8-14(13)18(5)15(3,4)10-19/h7-9,11,17,19H,6,10H2,1-5H3. The molecule has 1 atom stereocenters. The number of nitrogens with zero attached hydrogens (tertiary/aromatic N) is 1. The fraction of sp³-hybridized carbons (Fsp3) is 0.600. The second-order valence-corrected chi connectivity index (χ2v) is 6.43. The third-order valence-electron chi connectivity index (χ3n) is 3.62. The molecule has 19 heavy (non-hydrogen) atoms. The molecule has 0 bridgehead atoms. The first-order chi connectivity index (χ1) is 8.83. The lowest BCUT2D eigenvalue weighted by atomic mass is 9.99. The average Bonchev–Trinajstić information content (AvgIpc) is 2.38. The Balaban J connectivity index is 3.20. The lowest BCUT2D eigenvalue weighted by molar-refractivity contribution is 0.216. The number of aliphatic hydroxyl groups excluding tert-OH is 1. The van der Waals surface area contributed by atoms with Gasteiger partial charge in [-0.3, -0.25) is 0 Å². The fourth-order valence-corrected chi connectivity index (χ4v) is 2.40. The van der Waals surface area contributed by atoms with Crippen LogP contribution in [0, 0.1) is 0 Å². The molecule has 4 heteroatoms. The van der Waals surface area contributed by atoms with Crippen molar-refractivity contribution >= 4 is 21.6 Å². The van der Waals surface area contributed by atoms with Gasteiger partial charge in [-0.1, -0.05) is 22.9 Å². The third-order valence-corrected chi connectivity index (χ3v) is 4.12. The van der Waals surface area contributed by atoms with Crippen LogP contribution in [-0.4, -0.2) is 30.8 Å². The summed E-state index contributed by atoms with van der Waals surface area (Å²) in [6.45, 7) is 9.40. The van der Waals surface area contributed by atoms with E-state index < -0.39 is 0 Å². The first kappa shape index (κ1) is 16.5. The van der Waals surface area contributed by atoms with Gasteiger partial charge < -0.3 is 15.3 Å². The van der Waals surface area contributed by atoms with Crippen molar-refractivity contribution in [3.05, 3.63) is 28.2 Å². The van der Waals surface area contributed by atoms with Gasteiger partial charge in [-0.25, -0.2) is 0 Å². The van der Waals surface area contributed by atoms with E-state index in [2.05, 4.69) is 52.1 Å². The van der Waals surface area contributed by atoms with Crippen LogP contribution in [0.3, 0.4) is 0 Å². The Labute approximate surface area is 125 Å². The summed E-state index contributed by atoms with van der Waals surface area (Å²) in [5.41, 5.74) is 2.10. The molecule has 1 rings (SSSR count). The van der Waals surface area contributed by atoms with Gasteiger partial charge in [0.25, 0.3) is 0 Å². The first-order valence-corrected chi connectivity index (χ1v) is 7.50. The molecule has 0 aliphatic rings. The molecular formula is C15H25BrN2O. The van der Waals surface area contributed by atoms with Crippen LogP contribution >= 0.6 is 15.9 Å². The van der Waals surface area contributed by atoms with Gasteiger partial charge in [0.2, 0.25) is 0 Å². The molecule has 3 nitrogen and oxygen atoms in total. The van der Waals surface area contributed by atoms with Gasteiger partial charge in [0.15, 0.2) is 0 Å². The predicted molar refractivity (Wildman–Crippen MR) is 85.8 cm³/mol. The third kappa shape index (κ3) is 3.94. The maximum absolute atomic E-state index is 9.55. The van der Waals surface area contributed by atoms with Crippen LogP contribution in [-0.2, 0) is 0 Å². The van der Waals surface area contributed by atoms with Gasteiger partial charge in [0, 0.05) is 23.2 Å². The first-order valence-electron chi connectivity index (χ1n) is 6.71. The van der Waals surface area contributed by atoms with Crippen LogP contribution in [0.2, 0.25) is 0 Å². The molecule has 0 amide bonds. The van der Waals surface area contributed by atoms with E-state index >= 15 is 0 Å². The summed E-state index contributed by atoms with van der Waals surface area (Å²) < 4.78 is 1.08. The second kappa shape index (κ2) is 6.73. The van der Waals surface area contributed by atoms with Gasteiger partial charge in [0.1, 0.15) is 0 Å². The van der Waals surface area contributed by atoms with Gasteiger partial charge in [-0.15, -0.1) is 0 Å². The molecule has 0 radical (unpaired) electrons. The van der Waals surface area contributed by atoms with E-state index in [0.29, 0.717) is 0 Å². The Bertz CT molecular complexity index is 421. The molecule has 0 heterocycles. The van der Waals surface area contributed by atoms with Gasteiger partial charge in [0.05, 0.1) is 12.1 Å². The van der Waals surface area contributed by atoms with Crippen molar-refractivity contribution in [1.29, 1.82) is 0 Å². The minimum Gasteiger partial charge on any atom is -0.394 e. The van der Waals surface area contributed by atoms with Crippen molar-refractivity contribution in [2.24, 2.45) is 0 Å². The molecule has 0 spiro atoms. The zero-order valence-corrected chi connectivity index (χ0v) is 14.1. The molecule has 0 aliphatic heterocycles. The van der Waals surface area contributed by atoms with E-state index in [9.17, 15) is 5.11 Å². The summed E-state index contributed by atoms with van der Waals surface area (Å²) in [5, 5.41) is 13.0. The van der Waals surface area contributed by atoms with E-state index in [-0.39, 0.29) is 18.2 Å². The number of rotatable bonds is 6. The molecule has 1 aromatic carbocycles. The van der Waals surface area contributed by atoms with E-state index in [1.807, 2.05) is 27.0 Å². The van der Waals surface area contributed by atoms with Crippen LogP contribution in [0.15, 0.2) is 22.7 Å². The summed E-state index contributed by atoms with van der Waals surface area (Å²) in [6.07, 6.45) is 0.